The largest absolute Gasteiger partial charge is 0.444 e. The van der Waals surface area contributed by atoms with Gasteiger partial charge in [-0.15, -0.1) is 0 Å². The Morgan fingerprint density at radius 2 is 1.81 bits per heavy atom. The standard InChI is InChI=1S/C19H16BrN3O3/c1-12-2-9-17(21-11-12)23-18(24)10-13-3-5-14(6-4-13)22-19(25)15-7-8-16(20)26-15/h2-9,11H,10H2,1H3,(H,22,25)(H,21,23,24). The highest BCUT2D eigenvalue weighted by Gasteiger charge is 2.11. The topological polar surface area (TPSA) is 84.2 Å². The number of furan rings is 1. The Morgan fingerprint density at radius 3 is 2.42 bits per heavy atom. The minimum absolute atomic E-state index is 0.154. The first-order valence-electron chi connectivity index (χ1n) is 7.88. The van der Waals surface area contributed by atoms with Crippen LogP contribution in [0.3, 0.4) is 0 Å². The van der Waals surface area contributed by atoms with Crippen LogP contribution in [0.4, 0.5) is 11.5 Å². The second-order valence-corrected chi connectivity index (χ2v) is 6.48. The first-order valence-corrected chi connectivity index (χ1v) is 8.67. The molecule has 6 nitrogen and oxygen atoms in total. The van der Waals surface area contributed by atoms with E-state index in [4.69, 9.17) is 4.42 Å². The Morgan fingerprint density at radius 1 is 1.04 bits per heavy atom. The highest BCUT2D eigenvalue weighted by Crippen LogP contribution is 2.17. The molecule has 2 amide bonds. The monoisotopic (exact) mass is 413 g/mol. The van der Waals surface area contributed by atoms with E-state index in [9.17, 15) is 9.59 Å². The van der Waals surface area contributed by atoms with E-state index in [-0.39, 0.29) is 24.0 Å². The van der Waals surface area contributed by atoms with E-state index in [0.29, 0.717) is 16.2 Å². The van der Waals surface area contributed by atoms with Gasteiger partial charge in [-0.1, -0.05) is 18.2 Å². The van der Waals surface area contributed by atoms with E-state index >= 15 is 0 Å². The highest BCUT2D eigenvalue weighted by atomic mass is 79.9. The van der Waals surface area contributed by atoms with Crippen molar-refractivity contribution in [1.29, 1.82) is 0 Å². The van der Waals surface area contributed by atoms with Crippen LogP contribution in [0.1, 0.15) is 21.7 Å². The summed E-state index contributed by atoms with van der Waals surface area (Å²) in [6.07, 6.45) is 1.92. The number of nitrogens with zero attached hydrogens (tertiary/aromatic N) is 1. The Balaban J connectivity index is 1.56. The molecule has 3 aromatic rings. The number of amides is 2. The number of rotatable bonds is 5. The molecule has 0 aliphatic carbocycles. The van der Waals surface area contributed by atoms with E-state index in [1.165, 1.54) is 0 Å². The molecular formula is C19H16BrN3O3. The third kappa shape index (κ3) is 4.80. The van der Waals surface area contributed by atoms with Crippen molar-refractivity contribution in [2.45, 2.75) is 13.3 Å². The number of hydrogen-bond acceptors (Lipinski definition) is 4. The molecule has 0 aliphatic rings. The molecule has 0 fully saturated rings. The van der Waals surface area contributed by atoms with Gasteiger partial charge in [-0.3, -0.25) is 9.59 Å². The Bertz CT molecular complexity index is 918. The maximum atomic E-state index is 12.1. The summed E-state index contributed by atoms with van der Waals surface area (Å²) in [7, 11) is 0. The molecule has 2 N–H and O–H groups in total. The number of hydrogen-bond donors (Lipinski definition) is 2. The van der Waals surface area contributed by atoms with Crippen molar-refractivity contribution in [3.8, 4) is 0 Å². The summed E-state index contributed by atoms with van der Waals surface area (Å²) in [5.41, 5.74) is 2.47. The molecule has 7 heteroatoms. The second-order valence-electron chi connectivity index (χ2n) is 5.70. The van der Waals surface area contributed by atoms with Crippen LogP contribution >= 0.6 is 15.9 Å². The quantitative estimate of drug-likeness (QED) is 0.656. The fraction of sp³-hybridized carbons (Fsp3) is 0.105. The molecule has 132 valence electrons. The zero-order valence-corrected chi connectivity index (χ0v) is 15.5. The molecule has 1 aromatic carbocycles. The van der Waals surface area contributed by atoms with Crippen molar-refractivity contribution in [3.63, 3.8) is 0 Å². The van der Waals surface area contributed by atoms with Gasteiger partial charge < -0.3 is 15.1 Å². The van der Waals surface area contributed by atoms with Gasteiger partial charge in [0.2, 0.25) is 5.91 Å². The van der Waals surface area contributed by atoms with Gasteiger partial charge in [-0.25, -0.2) is 4.98 Å². The molecular weight excluding hydrogens is 398 g/mol. The third-order valence-electron chi connectivity index (χ3n) is 3.55. The van der Waals surface area contributed by atoms with Crippen LogP contribution < -0.4 is 10.6 Å². The Labute approximate surface area is 158 Å². The molecule has 2 aromatic heterocycles. The van der Waals surface area contributed by atoms with E-state index in [1.54, 1.807) is 48.7 Å². The summed E-state index contributed by atoms with van der Waals surface area (Å²) in [5.74, 6) is 0.241. The van der Waals surface area contributed by atoms with Crippen LogP contribution in [-0.2, 0) is 11.2 Å². The lowest BCUT2D eigenvalue weighted by atomic mass is 10.1. The molecule has 0 unspecified atom stereocenters. The number of aromatic nitrogens is 1. The maximum absolute atomic E-state index is 12.1. The van der Waals surface area contributed by atoms with E-state index < -0.39 is 0 Å². The molecule has 0 aliphatic heterocycles. The SMILES string of the molecule is Cc1ccc(NC(=O)Cc2ccc(NC(=O)c3ccc(Br)o3)cc2)nc1. The molecule has 0 saturated carbocycles. The van der Waals surface area contributed by atoms with E-state index in [0.717, 1.165) is 11.1 Å². The molecule has 26 heavy (non-hydrogen) atoms. The predicted octanol–water partition coefficient (Wildman–Crippen LogP) is 4.18. The lowest BCUT2D eigenvalue weighted by molar-refractivity contribution is -0.115. The number of benzene rings is 1. The van der Waals surface area contributed by atoms with Crippen molar-refractivity contribution in [3.05, 3.63) is 76.3 Å². The number of aryl methyl sites for hydroxylation is 1. The van der Waals surface area contributed by atoms with E-state index in [1.807, 2.05) is 13.0 Å². The summed E-state index contributed by atoms with van der Waals surface area (Å²) in [6.45, 7) is 1.93. The van der Waals surface area contributed by atoms with Gasteiger partial charge in [0, 0.05) is 11.9 Å². The van der Waals surface area contributed by atoms with Crippen LogP contribution in [0.15, 0.2) is 63.8 Å². The van der Waals surface area contributed by atoms with Crippen LogP contribution in [0, 0.1) is 6.92 Å². The maximum Gasteiger partial charge on any atom is 0.291 e. The molecule has 0 atom stereocenters. The molecule has 0 saturated heterocycles. The zero-order valence-electron chi connectivity index (χ0n) is 14.0. The first kappa shape index (κ1) is 17.9. The van der Waals surface area contributed by atoms with Gasteiger partial charge >= 0.3 is 0 Å². The fourth-order valence-electron chi connectivity index (χ4n) is 2.25. The number of carbonyl (C=O) groups is 2. The van der Waals surface area contributed by atoms with Crippen LogP contribution in [0.25, 0.3) is 0 Å². The van der Waals surface area contributed by atoms with Gasteiger partial charge in [0.15, 0.2) is 10.4 Å². The smallest absolute Gasteiger partial charge is 0.291 e. The molecule has 2 heterocycles. The number of pyridine rings is 1. The highest BCUT2D eigenvalue weighted by molar-refractivity contribution is 9.10. The summed E-state index contributed by atoms with van der Waals surface area (Å²) in [5, 5.41) is 5.48. The first-order chi connectivity index (χ1) is 12.5. The average molecular weight is 414 g/mol. The summed E-state index contributed by atoms with van der Waals surface area (Å²) in [4.78, 5) is 28.2. The van der Waals surface area contributed by atoms with Crippen molar-refractivity contribution in [2.75, 3.05) is 10.6 Å². The van der Waals surface area contributed by atoms with Gasteiger partial charge in [-0.2, -0.15) is 0 Å². The lowest BCUT2D eigenvalue weighted by Gasteiger charge is -2.07. The number of carbonyl (C=O) groups excluding carboxylic acids is 2. The average Bonchev–Trinajstić information content (AvgIpc) is 3.05. The van der Waals surface area contributed by atoms with Crippen molar-refractivity contribution >= 4 is 39.2 Å². The minimum atomic E-state index is -0.341. The Kier molecular flexibility index (Phi) is 5.48. The predicted molar refractivity (Wildman–Crippen MR) is 102 cm³/mol. The molecule has 0 spiro atoms. The minimum Gasteiger partial charge on any atom is -0.444 e. The van der Waals surface area contributed by atoms with Crippen molar-refractivity contribution in [1.82, 2.24) is 4.98 Å². The summed E-state index contributed by atoms with van der Waals surface area (Å²) in [6, 6.07) is 13.9. The normalized spacial score (nSPS) is 10.4. The number of halogens is 1. The number of anilines is 2. The number of nitrogens with one attached hydrogen (secondary N) is 2. The summed E-state index contributed by atoms with van der Waals surface area (Å²) >= 11 is 3.16. The Hall–Kier alpha value is -2.93. The van der Waals surface area contributed by atoms with E-state index in [2.05, 4.69) is 31.5 Å². The van der Waals surface area contributed by atoms with Gasteiger partial charge in [0.05, 0.1) is 6.42 Å². The van der Waals surface area contributed by atoms with Crippen molar-refractivity contribution in [2.24, 2.45) is 0 Å². The molecule has 0 bridgehead atoms. The van der Waals surface area contributed by atoms with Crippen LogP contribution in [-0.4, -0.2) is 16.8 Å². The molecule has 0 radical (unpaired) electrons. The second kappa shape index (κ2) is 7.97. The van der Waals surface area contributed by atoms with Gasteiger partial charge in [0.25, 0.3) is 5.91 Å². The van der Waals surface area contributed by atoms with Gasteiger partial charge in [-0.05, 0) is 64.3 Å². The van der Waals surface area contributed by atoms with Crippen molar-refractivity contribution < 1.29 is 14.0 Å². The fourth-order valence-corrected chi connectivity index (χ4v) is 2.56. The van der Waals surface area contributed by atoms with Gasteiger partial charge in [0.1, 0.15) is 5.82 Å². The lowest BCUT2D eigenvalue weighted by Crippen LogP contribution is -2.15. The zero-order chi connectivity index (χ0) is 18.5. The third-order valence-corrected chi connectivity index (χ3v) is 3.98. The van der Waals surface area contributed by atoms with Crippen LogP contribution in [0.5, 0.6) is 0 Å². The molecule has 3 rings (SSSR count). The van der Waals surface area contributed by atoms with Crippen LogP contribution in [0.2, 0.25) is 0 Å². The summed E-state index contributed by atoms with van der Waals surface area (Å²) < 4.78 is 5.70.